The normalized spacial score (nSPS) is 12.0. The van der Waals surface area contributed by atoms with E-state index in [1.807, 2.05) is 0 Å². The highest BCUT2D eigenvalue weighted by molar-refractivity contribution is 6.30. The zero-order valence-electron chi connectivity index (χ0n) is 16.9. The molecule has 8 heteroatoms. The van der Waals surface area contributed by atoms with Crippen molar-refractivity contribution in [3.8, 4) is 5.75 Å². The van der Waals surface area contributed by atoms with Crippen molar-refractivity contribution < 1.29 is 24.0 Å². The van der Waals surface area contributed by atoms with Gasteiger partial charge >= 0.3 is 5.69 Å². The molecule has 3 aromatic carbocycles. The summed E-state index contributed by atoms with van der Waals surface area (Å²) in [6.45, 7) is 0.107. The number of rotatable bonds is 7. The first-order valence-electron chi connectivity index (χ1n) is 9.95. The number of ketones is 2. The number of para-hydroxylation sites is 2. The molecular weight excluding hydrogens is 412 g/mol. The maximum atomic E-state index is 13.0. The predicted octanol–water partition coefficient (Wildman–Crippen LogP) is 4.17. The van der Waals surface area contributed by atoms with E-state index in [1.165, 1.54) is 12.1 Å². The molecule has 3 aromatic rings. The summed E-state index contributed by atoms with van der Waals surface area (Å²) in [7, 11) is 0. The lowest BCUT2D eigenvalue weighted by Gasteiger charge is -2.20. The summed E-state index contributed by atoms with van der Waals surface area (Å²) in [6.07, 6.45) is 0.381. The van der Waals surface area contributed by atoms with E-state index in [-0.39, 0.29) is 58.8 Å². The van der Waals surface area contributed by atoms with Gasteiger partial charge in [0.15, 0.2) is 17.3 Å². The van der Waals surface area contributed by atoms with Gasteiger partial charge in [0.05, 0.1) is 22.8 Å². The quantitative estimate of drug-likeness (QED) is 0.267. The standard InChI is InChI=1S/C24H18N2O6/c27-21(13-6-14-32-20-12-4-3-11-19(20)26(30)31)25-18-10-5-9-17-22(18)24(29)16-8-2-1-7-15(16)23(17)28/h1-5,7-12H,6,13-14H2,(H,25,27). The van der Waals surface area contributed by atoms with Gasteiger partial charge in [-0.1, -0.05) is 48.5 Å². The van der Waals surface area contributed by atoms with E-state index in [0.717, 1.165) is 0 Å². The minimum atomic E-state index is -0.531. The zero-order chi connectivity index (χ0) is 22.7. The van der Waals surface area contributed by atoms with Crippen LogP contribution in [0.4, 0.5) is 11.4 Å². The lowest BCUT2D eigenvalue weighted by atomic mass is 9.83. The second kappa shape index (κ2) is 8.81. The molecule has 0 aliphatic heterocycles. The summed E-state index contributed by atoms with van der Waals surface area (Å²) < 4.78 is 5.44. The number of nitro groups is 1. The molecule has 4 rings (SSSR count). The van der Waals surface area contributed by atoms with E-state index in [9.17, 15) is 24.5 Å². The van der Waals surface area contributed by atoms with Crippen molar-refractivity contribution in [3.05, 3.63) is 99.1 Å². The Kier molecular flexibility index (Phi) is 5.76. The maximum absolute atomic E-state index is 13.0. The highest BCUT2D eigenvalue weighted by atomic mass is 16.6. The van der Waals surface area contributed by atoms with Crippen LogP contribution in [0.1, 0.15) is 44.7 Å². The van der Waals surface area contributed by atoms with Gasteiger partial charge < -0.3 is 10.1 Å². The first-order chi connectivity index (χ1) is 15.5. The molecule has 32 heavy (non-hydrogen) atoms. The Labute approximate surface area is 183 Å². The number of nitrogens with zero attached hydrogens (tertiary/aromatic N) is 1. The van der Waals surface area contributed by atoms with Gasteiger partial charge in [-0.3, -0.25) is 24.5 Å². The number of carbonyl (C=O) groups excluding carboxylic acids is 3. The molecule has 0 heterocycles. The lowest BCUT2D eigenvalue weighted by Crippen LogP contribution is -2.24. The first-order valence-corrected chi connectivity index (χ1v) is 9.95. The lowest BCUT2D eigenvalue weighted by molar-refractivity contribution is -0.385. The van der Waals surface area contributed by atoms with Crippen LogP contribution in [-0.4, -0.2) is 29.0 Å². The van der Waals surface area contributed by atoms with Gasteiger partial charge in [-0.2, -0.15) is 0 Å². The summed E-state index contributed by atoms with van der Waals surface area (Å²) in [5.41, 5.74) is 1.23. The van der Waals surface area contributed by atoms with Gasteiger partial charge in [0.1, 0.15) is 0 Å². The van der Waals surface area contributed by atoms with Crippen LogP contribution in [0.2, 0.25) is 0 Å². The van der Waals surface area contributed by atoms with Gasteiger partial charge in [0.25, 0.3) is 0 Å². The Morgan fingerprint density at radius 1 is 0.875 bits per heavy atom. The summed E-state index contributed by atoms with van der Waals surface area (Å²) in [6, 6.07) is 17.4. The molecule has 1 aliphatic carbocycles. The minimum Gasteiger partial charge on any atom is -0.487 e. The average molecular weight is 430 g/mol. The molecule has 0 atom stereocenters. The Bertz CT molecular complexity index is 1250. The third-order valence-corrected chi connectivity index (χ3v) is 5.09. The van der Waals surface area contributed by atoms with E-state index in [2.05, 4.69) is 5.32 Å². The van der Waals surface area contributed by atoms with E-state index in [1.54, 1.807) is 54.6 Å². The largest absolute Gasteiger partial charge is 0.487 e. The Balaban J connectivity index is 1.42. The fourth-order valence-electron chi connectivity index (χ4n) is 3.61. The number of ether oxygens (including phenoxy) is 1. The summed E-state index contributed by atoms with van der Waals surface area (Å²) in [5, 5.41) is 13.7. The molecule has 1 aliphatic rings. The Morgan fingerprint density at radius 2 is 1.53 bits per heavy atom. The van der Waals surface area contributed by atoms with Crippen LogP contribution in [0.25, 0.3) is 0 Å². The molecule has 0 spiro atoms. The first kappa shape index (κ1) is 20.9. The van der Waals surface area contributed by atoms with Gasteiger partial charge in [0.2, 0.25) is 5.91 Å². The van der Waals surface area contributed by atoms with Crippen LogP contribution in [0.5, 0.6) is 5.75 Å². The molecular formula is C24H18N2O6. The smallest absolute Gasteiger partial charge is 0.310 e. The number of fused-ring (bicyclic) bond motifs is 2. The molecule has 1 amide bonds. The number of benzene rings is 3. The number of hydrogen-bond acceptors (Lipinski definition) is 6. The van der Waals surface area contributed by atoms with Crippen LogP contribution in [-0.2, 0) is 4.79 Å². The van der Waals surface area contributed by atoms with E-state index in [4.69, 9.17) is 4.74 Å². The summed E-state index contributed by atoms with van der Waals surface area (Å²) >= 11 is 0. The van der Waals surface area contributed by atoms with Gasteiger partial charge in [-0.25, -0.2) is 0 Å². The molecule has 8 nitrogen and oxygen atoms in total. The van der Waals surface area contributed by atoms with E-state index < -0.39 is 4.92 Å². The maximum Gasteiger partial charge on any atom is 0.310 e. The van der Waals surface area contributed by atoms with Crippen molar-refractivity contribution in [2.24, 2.45) is 0 Å². The van der Waals surface area contributed by atoms with Crippen molar-refractivity contribution in [1.82, 2.24) is 0 Å². The summed E-state index contributed by atoms with van der Waals surface area (Å²) in [4.78, 5) is 48.7. The number of anilines is 1. The highest BCUT2D eigenvalue weighted by Gasteiger charge is 2.31. The molecule has 0 unspecified atom stereocenters. The number of nitro benzene ring substituents is 1. The fraction of sp³-hybridized carbons (Fsp3) is 0.125. The van der Waals surface area contributed by atoms with E-state index >= 15 is 0 Å². The van der Waals surface area contributed by atoms with Crippen LogP contribution < -0.4 is 10.1 Å². The molecule has 0 aromatic heterocycles. The molecule has 160 valence electrons. The van der Waals surface area contributed by atoms with Crippen molar-refractivity contribution in [2.45, 2.75) is 12.8 Å². The SMILES string of the molecule is O=C(CCCOc1ccccc1[N+](=O)[O-])Nc1cccc2c1C(=O)c1ccccc1C2=O. The molecule has 0 fully saturated rings. The molecule has 0 bridgehead atoms. The monoisotopic (exact) mass is 430 g/mol. The number of hydrogen-bond donors (Lipinski definition) is 1. The van der Waals surface area contributed by atoms with Crippen LogP contribution in [0, 0.1) is 10.1 Å². The van der Waals surface area contributed by atoms with Gasteiger partial charge in [-0.15, -0.1) is 0 Å². The number of nitrogens with one attached hydrogen (secondary N) is 1. The molecule has 0 radical (unpaired) electrons. The van der Waals surface area contributed by atoms with Crippen LogP contribution in [0.3, 0.4) is 0 Å². The minimum absolute atomic E-state index is 0.0724. The third kappa shape index (κ3) is 3.98. The van der Waals surface area contributed by atoms with E-state index in [0.29, 0.717) is 17.5 Å². The molecule has 0 saturated carbocycles. The zero-order valence-corrected chi connectivity index (χ0v) is 16.9. The van der Waals surface area contributed by atoms with Gasteiger partial charge in [0, 0.05) is 29.2 Å². The highest BCUT2D eigenvalue weighted by Crippen LogP contribution is 2.32. The summed E-state index contributed by atoms with van der Waals surface area (Å²) in [5.74, 6) is -0.795. The van der Waals surface area contributed by atoms with Crippen molar-refractivity contribution in [2.75, 3.05) is 11.9 Å². The Hall–Kier alpha value is -4.33. The van der Waals surface area contributed by atoms with Crippen molar-refractivity contribution in [3.63, 3.8) is 0 Å². The van der Waals surface area contributed by atoms with Crippen molar-refractivity contribution in [1.29, 1.82) is 0 Å². The number of amides is 1. The molecule has 1 N–H and O–H groups in total. The predicted molar refractivity (Wildman–Crippen MR) is 116 cm³/mol. The van der Waals surface area contributed by atoms with Crippen LogP contribution in [0.15, 0.2) is 66.7 Å². The average Bonchev–Trinajstić information content (AvgIpc) is 2.80. The third-order valence-electron chi connectivity index (χ3n) is 5.09. The Morgan fingerprint density at radius 3 is 2.28 bits per heavy atom. The van der Waals surface area contributed by atoms with Gasteiger partial charge in [-0.05, 0) is 18.6 Å². The topological polar surface area (TPSA) is 116 Å². The second-order valence-corrected chi connectivity index (χ2v) is 7.16. The number of carbonyl (C=O) groups is 3. The van der Waals surface area contributed by atoms with Crippen LogP contribution >= 0.6 is 0 Å². The molecule has 0 saturated heterocycles. The van der Waals surface area contributed by atoms with Crippen molar-refractivity contribution >= 4 is 28.8 Å². The second-order valence-electron chi connectivity index (χ2n) is 7.16. The fourth-order valence-corrected chi connectivity index (χ4v) is 3.61.